The van der Waals surface area contributed by atoms with E-state index in [0.29, 0.717) is 0 Å². The summed E-state index contributed by atoms with van der Waals surface area (Å²) >= 11 is 0. The minimum absolute atomic E-state index is 0.0355. The molecule has 0 atom stereocenters. The highest BCUT2D eigenvalue weighted by atomic mass is 16.1. The Hall–Kier alpha value is -2.41. The summed E-state index contributed by atoms with van der Waals surface area (Å²) in [5.41, 5.74) is 6.49. The van der Waals surface area contributed by atoms with E-state index in [9.17, 15) is 4.79 Å². The standard InChI is InChI=1S/C25H26O/c1-24(2,3)16-8-11-18-15(13-16)7-10-20-19-12-9-17(25(4,5)6)14-21(19)23(26)22(18)20/h7-14H,1-6H3. The van der Waals surface area contributed by atoms with Crippen LogP contribution in [0.2, 0.25) is 0 Å². The van der Waals surface area contributed by atoms with Crippen LogP contribution in [0.25, 0.3) is 21.9 Å². The maximum absolute atomic E-state index is 13.3. The van der Waals surface area contributed by atoms with Crippen molar-refractivity contribution in [3.05, 3.63) is 70.8 Å². The van der Waals surface area contributed by atoms with Gasteiger partial charge in [-0.3, -0.25) is 4.79 Å². The van der Waals surface area contributed by atoms with E-state index >= 15 is 0 Å². The fourth-order valence-electron chi connectivity index (χ4n) is 3.83. The van der Waals surface area contributed by atoms with Crippen LogP contribution >= 0.6 is 0 Å². The van der Waals surface area contributed by atoms with E-state index in [0.717, 1.165) is 33.0 Å². The second-order valence-corrected chi connectivity index (χ2v) is 9.51. The van der Waals surface area contributed by atoms with Gasteiger partial charge in [0, 0.05) is 11.1 Å². The van der Waals surface area contributed by atoms with Gasteiger partial charge in [0.05, 0.1) is 0 Å². The molecule has 4 rings (SSSR count). The lowest BCUT2D eigenvalue weighted by molar-refractivity contribution is 0.104. The Bertz CT molecular complexity index is 1060. The molecule has 0 unspecified atom stereocenters. The van der Waals surface area contributed by atoms with Crippen LogP contribution in [-0.4, -0.2) is 5.78 Å². The molecule has 0 N–H and O–H groups in total. The summed E-state index contributed by atoms with van der Waals surface area (Å²) in [6, 6.07) is 17.2. The molecule has 1 nitrogen and oxygen atoms in total. The molecule has 0 fully saturated rings. The van der Waals surface area contributed by atoms with Crippen molar-refractivity contribution in [2.75, 3.05) is 0 Å². The number of benzene rings is 3. The van der Waals surface area contributed by atoms with Crippen LogP contribution in [0.1, 0.15) is 68.6 Å². The molecular weight excluding hydrogens is 316 g/mol. The summed E-state index contributed by atoms with van der Waals surface area (Å²) in [5.74, 6) is 0.162. The number of fused-ring (bicyclic) bond motifs is 5. The lowest BCUT2D eigenvalue weighted by atomic mass is 9.85. The van der Waals surface area contributed by atoms with Crippen LogP contribution in [0, 0.1) is 0 Å². The molecule has 26 heavy (non-hydrogen) atoms. The molecule has 0 bridgehead atoms. The SMILES string of the molecule is CC(C)(C)c1ccc2c(c1)C(=O)c1c-2ccc2cc(C(C)(C)C)ccc12. The molecule has 0 saturated carbocycles. The summed E-state index contributed by atoms with van der Waals surface area (Å²) in [6.45, 7) is 13.2. The predicted molar refractivity (Wildman–Crippen MR) is 110 cm³/mol. The zero-order chi connectivity index (χ0) is 18.9. The zero-order valence-corrected chi connectivity index (χ0v) is 16.5. The largest absolute Gasteiger partial charge is 0.289 e. The minimum Gasteiger partial charge on any atom is -0.289 e. The predicted octanol–water partition coefficient (Wildman–Crippen LogP) is 6.65. The number of hydrogen-bond donors (Lipinski definition) is 0. The monoisotopic (exact) mass is 342 g/mol. The van der Waals surface area contributed by atoms with E-state index in [1.807, 2.05) is 0 Å². The van der Waals surface area contributed by atoms with E-state index in [-0.39, 0.29) is 16.6 Å². The van der Waals surface area contributed by atoms with E-state index in [4.69, 9.17) is 0 Å². The molecule has 0 aromatic heterocycles. The highest BCUT2D eigenvalue weighted by Gasteiger charge is 2.30. The summed E-state index contributed by atoms with van der Waals surface area (Å²) in [5, 5.41) is 2.21. The van der Waals surface area contributed by atoms with Gasteiger partial charge in [-0.15, -0.1) is 0 Å². The molecule has 0 heterocycles. The Labute approximate surface area is 156 Å². The fourth-order valence-corrected chi connectivity index (χ4v) is 3.83. The van der Waals surface area contributed by atoms with Crippen molar-refractivity contribution in [2.45, 2.75) is 52.4 Å². The van der Waals surface area contributed by atoms with Crippen LogP contribution in [0.15, 0.2) is 48.5 Å². The van der Waals surface area contributed by atoms with Crippen molar-refractivity contribution < 1.29 is 4.79 Å². The highest BCUT2D eigenvalue weighted by molar-refractivity contribution is 6.27. The van der Waals surface area contributed by atoms with Crippen LogP contribution in [0.4, 0.5) is 0 Å². The maximum atomic E-state index is 13.3. The Morgan fingerprint density at radius 2 is 1.19 bits per heavy atom. The number of rotatable bonds is 0. The number of ketones is 1. The van der Waals surface area contributed by atoms with Gasteiger partial charge in [0.15, 0.2) is 5.78 Å². The van der Waals surface area contributed by atoms with Crippen molar-refractivity contribution in [3.63, 3.8) is 0 Å². The maximum Gasteiger partial charge on any atom is 0.194 e. The van der Waals surface area contributed by atoms with E-state index in [1.54, 1.807) is 0 Å². The molecule has 1 aliphatic rings. The van der Waals surface area contributed by atoms with Crippen molar-refractivity contribution in [2.24, 2.45) is 0 Å². The third kappa shape index (κ3) is 2.49. The quantitative estimate of drug-likeness (QED) is 0.350. The molecule has 3 aromatic rings. The smallest absolute Gasteiger partial charge is 0.194 e. The van der Waals surface area contributed by atoms with Crippen molar-refractivity contribution in [3.8, 4) is 11.1 Å². The summed E-state index contributed by atoms with van der Waals surface area (Å²) in [4.78, 5) is 13.3. The second kappa shape index (κ2) is 5.30. The van der Waals surface area contributed by atoms with Gasteiger partial charge in [-0.05, 0) is 49.9 Å². The Kier molecular flexibility index (Phi) is 3.47. The average Bonchev–Trinajstić information content (AvgIpc) is 2.85. The van der Waals surface area contributed by atoms with Crippen LogP contribution in [0.5, 0.6) is 0 Å². The second-order valence-electron chi connectivity index (χ2n) is 9.51. The molecule has 1 aliphatic carbocycles. The normalized spacial score (nSPS) is 13.8. The molecule has 0 aliphatic heterocycles. The van der Waals surface area contributed by atoms with Gasteiger partial charge in [0.1, 0.15) is 0 Å². The van der Waals surface area contributed by atoms with Gasteiger partial charge in [0.25, 0.3) is 0 Å². The molecule has 0 saturated heterocycles. The molecular formula is C25H26O. The van der Waals surface area contributed by atoms with Gasteiger partial charge in [-0.1, -0.05) is 84.0 Å². The van der Waals surface area contributed by atoms with E-state index in [2.05, 4.69) is 90.1 Å². The Morgan fingerprint density at radius 3 is 1.85 bits per heavy atom. The third-order valence-electron chi connectivity index (χ3n) is 5.53. The summed E-state index contributed by atoms with van der Waals surface area (Å²) < 4.78 is 0. The fraction of sp³-hybridized carbons (Fsp3) is 0.320. The average molecular weight is 342 g/mol. The van der Waals surface area contributed by atoms with E-state index in [1.165, 1.54) is 11.1 Å². The van der Waals surface area contributed by atoms with Gasteiger partial charge in [0.2, 0.25) is 0 Å². The highest BCUT2D eigenvalue weighted by Crippen LogP contribution is 2.42. The van der Waals surface area contributed by atoms with Crippen LogP contribution < -0.4 is 0 Å². The minimum atomic E-state index is 0.0355. The number of carbonyl (C=O) groups is 1. The van der Waals surface area contributed by atoms with Crippen molar-refractivity contribution >= 4 is 16.6 Å². The first-order chi connectivity index (χ1) is 12.1. The van der Waals surface area contributed by atoms with Gasteiger partial charge in [-0.25, -0.2) is 0 Å². The van der Waals surface area contributed by atoms with Gasteiger partial charge in [-0.2, -0.15) is 0 Å². The molecule has 3 aromatic carbocycles. The van der Waals surface area contributed by atoms with Crippen LogP contribution in [-0.2, 0) is 10.8 Å². The molecule has 0 radical (unpaired) electrons. The Balaban J connectivity index is 1.93. The first kappa shape index (κ1) is 17.0. The summed E-state index contributed by atoms with van der Waals surface area (Å²) in [6.07, 6.45) is 0. The van der Waals surface area contributed by atoms with Crippen LogP contribution in [0.3, 0.4) is 0 Å². The zero-order valence-electron chi connectivity index (χ0n) is 16.5. The Morgan fingerprint density at radius 1 is 0.615 bits per heavy atom. The molecule has 0 spiro atoms. The van der Waals surface area contributed by atoms with Crippen molar-refractivity contribution in [1.82, 2.24) is 0 Å². The molecule has 1 heteroatoms. The first-order valence-corrected chi connectivity index (χ1v) is 9.34. The number of carbonyl (C=O) groups excluding carboxylic acids is 1. The first-order valence-electron chi connectivity index (χ1n) is 9.34. The van der Waals surface area contributed by atoms with E-state index < -0.39 is 0 Å². The summed E-state index contributed by atoms with van der Waals surface area (Å²) in [7, 11) is 0. The van der Waals surface area contributed by atoms with Gasteiger partial charge >= 0.3 is 0 Å². The molecule has 0 amide bonds. The topological polar surface area (TPSA) is 17.1 Å². The third-order valence-corrected chi connectivity index (χ3v) is 5.53. The molecule has 132 valence electrons. The number of hydrogen-bond acceptors (Lipinski definition) is 1. The van der Waals surface area contributed by atoms with Gasteiger partial charge < -0.3 is 0 Å². The lowest BCUT2D eigenvalue weighted by Crippen LogP contribution is -2.12. The van der Waals surface area contributed by atoms with Crippen molar-refractivity contribution in [1.29, 1.82) is 0 Å². The lowest BCUT2D eigenvalue weighted by Gasteiger charge is -2.20.